The van der Waals surface area contributed by atoms with Crippen LogP contribution in [0.5, 0.6) is 5.75 Å². The van der Waals surface area contributed by atoms with Gasteiger partial charge in [-0.05, 0) is 18.2 Å². The van der Waals surface area contributed by atoms with Gasteiger partial charge in [-0.1, -0.05) is 6.07 Å². The summed E-state index contributed by atoms with van der Waals surface area (Å²) >= 11 is 0. The lowest BCUT2D eigenvalue weighted by Gasteiger charge is -2.09. The molecule has 6 nitrogen and oxygen atoms in total. The van der Waals surface area contributed by atoms with Gasteiger partial charge in [0.2, 0.25) is 0 Å². The molecule has 1 aromatic carbocycles. The zero-order chi connectivity index (χ0) is 13.1. The molecule has 1 amide bonds. The molecule has 2 aromatic rings. The van der Waals surface area contributed by atoms with Gasteiger partial charge in [0.1, 0.15) is 11.4 Å². The summed E-state index contributed by atoms with van der Waals surface area (Å²) in [4.78, 5) is 11.4. The molecule has 0 unspecified atom stereocenters. The van der Waals surface area contributed by atoms with Crippen molar-refractivity contribution in [2.45, 2.75) is 0 Å². The number of aromatic nitrogens is 2. The van der Waals surface area contributed by atoms with Gasteiger partial charge in [0.25, 0.3) is 5.91 Å². The molecule has 0 aliphatic heterocycles. The lowest BCUT2D eigenvalue weighted by molar-refractivity contribution is 0.0957. The minimum atomic E-state index is -0.241. The second kappa shape index (κ2) is 4.79. The summed E-state index contributed by atoms with van der Waals surface area (Å²) in [5, 5.41) is 6.67. The third-order valence-corrected chi connectivity index (χ3v) is 2.56. The first-order valence-corrected chi connectivity index (χ1v) is 5.38. The molecule has 0 bridgehead atoms. The van der Waals surface area contributed by atoms with Gasteiger partial charge >= 0.3 is 0 Å². The molecule has 94 valence electrons. The summed E-state index contributed by atoms with van der Waals surface area (Å²) in [5.74, 6) is 0.333. The zero-order valence-electron chi connectivity index (χ0n) is 10.2. The molecule has 0 spiro atoms. The molecular formula is C12H14N4O2. The highest BCUT2D eigenvalue weighted by molar-refractivity contribution is 5.92. The molecule has 0 fully saturated rings. The zero-order valence-corrected chi connectivity index (χ0v) is 10.2. The van der Waals surface area contributed by atoms with E-state index >= 15 is 0 Å². The fraction of sp³-hybridized carbons (Fsp3) is 0.167. The fourth-order valence-electron chi connectivity index (χ4n) is 1.62. The third-order valence-electron chi connectivity index (χ3n) is 2.56. The van der Waals surface area contributed by atoms with Crippen molar-refractivity contribution in [2.24, 2.45) is 0 Å². The summed E-state index contributed by atoms with van der Waals surface area (Å²) in [6, 6.07) is 7.00. The minimum absolute atomic E-state index is 0.241. The number of ether oxygens (including phenoxy) is 1. The van der Waals surface area contributed by atoms with Crippen LogP contribution in [0.2, 0.25) is 0 Å². The third kappa shape index (κ3) is 2.00. The van der Waals surface area contributed by atoms with Crippen LogP contribution in [0.4, 0.5) is 5.69 Å². The Hall–Kier alpha value is -2.50. The number of hydrogen-bond donors (Lipinski definition) is 2. The lowest BCUT2D eigenvalue weighted by Crippen LogP contribution is -2.18. The maximum absolute atomic E-state index is 11.4. The van der Waals surface area contributed by atoms with E-state index in [2.05, 4.69) is 10.4 Å². The number of rotatable bonds is 3. The largest absolute Gasteiger partial charge is 0.495 e. The van der Waals surface area contributed by atoms with Crippen molar-refractivity contribution in [2.75, 3.05) is 19.9 Å². The predicted molar refractivity (Wildman–Crippen MR) is 67.9 cm³/mol. The van der Waals surface area contributed by atoms with Crippen LogP contribution < -0.4 is 15.8 Å². The summed E-state index contributed by atoms with van der Waals surface area (Å²) in [5.41, 5.74) is 7.44. The first-order valence-electron chi connectivity index (χ1n) is 5.38. The van der Waals surface area contributed by atoms with E-state index in [1.165, 1.54) is 0 Å². The Balaban J connectivity index is 2.43. The molecule has 0 aliphatic rings. The maximum Gasteiger partial charge on any atom is 0.271 e. The number of nitrogen functional groups attached to an aromatic ring is 1. The van der Waals surface area contributed by atoms with E-state index in [1.54, 1.807) is 43.2 Å². The van der Waals surface area contributed by atoms with Crippen LogP contribution in [-0.4, -0.2) is 29.8 Å². The van der Waals surface area contributed by atoms with E-state index in [0.29, 0.717) is 22.8 Å². The van der Waals surface area contributed by atoms with Crippen molar-refractivity contribution in [3.8, 4) is 11.4 Å². The Bertz CT molecular complexity index is 577. The van der Waals surface area contributed by atoms with Crippen LogP contribution in [0.1, 0.15) is 10.5 Å². The first kappa shape index (κ1) is 12.0. The molecule has 0 saturated carbocycles. The van der Waals surface area contributed by atoms with Crippen molar-refractivity contribution < 1.29 is 9.53 Å². The number of amides is 1. The van der Waals surface area contributed by atoms with Crippen LogP contribution in [0.25, 0.3) is 5.69 Å². The Kier molecular flexibility index (Phi) is 3.18. The number of hydrogen-bond acceptors (Lipinski definition) is 4. The highest BCUT2D eigenvalue weighted by Crippen LogP contribution is 2.27. The number of nitrogens with two attached hydrogens (primary N) is 1. The minimum Gasteiger partial charge on any atom is -0.495 e. The number of benzene rings is 1. The fourth-order valence-corrected chi connectivity index (χ4v) is 1.62. The van der Waals surface area contributed by atoms with E-state index in [4.69, 9.17) is 10.5 Å². The van der Waals surface area contributed by atoms with E-state index in [-0.39, 0.29) is 5.91 Å². The van der Waals surface area contributed by atoms with E-state index in [9.17, 15) is 4.79 Å². The number of methoxy groups -OCH3 is 1. The molecule has 0 atom stereocenters. The van der Waals surface area contributed by atoms with Gasteiger partial charge in [0, 0.05) is 13.2 Å². The molecule has 0 radical (unpaired) electrons. The molecule has 1 aromatic heterocycles. The van der Waals surface area contributed by atoms with Gasteiger partial charge < -0.3 is 15.8 Å². The summed E-state index contributed by atoms with van der Waals surface area (Å²) < 4.78 is 6.68. The summed E-state index contributed by atoms with van der Waals surface area (Å²) in [6.45, 7) is 0. The van der Waals surface area contributed by atoms with Crippen molar-refractivity contribution >= 4 is 11.6 Å². The van der Waals surface area contributed by atoms with E-state index in [0.717, 1.165) is 0 Å². The van der Waals surface area contributed by atoms with Gasteiger partial charge in [-0.15, -0.1) is 0 Å². The lowest BCUT2D eigenvalue weighted by atomic mass is 10.2. The van der Waals surface area contributed by atoms with Gasteiger partial charge in [0.15, 0.2) is 5.69 Å². The quantitative estimate of drug-likeness (QED) is 0.786. The molecule has 0 saturated heterocycles. The van der Waals surface area contributed by atoms with E-state index in [1.807, 2.05) is 6.07 Å². The molecule has 2 rings (SSSR count). The van der Waals surface area contributed by atoms with Crippen LogP contribution >= 0.6 is 0 Å². The Morgan fingerprint density at radius 3 is 2.89 bits per heavy atom. The monoisotopic (exact) mass is 246 g/mol. The first-order chi connectivity index (χ1) is 8.67. The molecular weight excluding hydrogens is 232 g/mol. The molecule has 6 heteroatoms. The van der Waals surface area contributed by atoms with Crippen molar-refractivity contribution in [1.82, 2.24) is 15.1 Å². The number of carbonyl (C=O) groups excluding carboxylic acids is 1. The van der Waals surface area contributed by atoms with Gasteiger partial charge in [-0.3, -0.25) is 4.79 Å². The van der Waals surface area contributed by atoms with Crippen molar-refractivity contribution in [3.63, 3.8) is 0 Å². The molecule has 1 heterocycles. The Morgan fingerprint density at radius 2 is 2.22 bits per heavy atom. The standard InChI is InChI=1S/C12H14N4O2/c1-14-12(17)8-6-7-16(15-8)9-4-3-5-10(18-2)11(9)13/h3-7H,13H2,1-2H3,(H,14,17). The number of nitrogens with zero attached hydrogens (tertiary/aromatic N) is 2. The Morgan fingerprint density at radius 1 is 1.44 bits per heavy atom. The average molecular weight is 246 g/mol. The highest BCUT2D eigenvalue weighted by atomic mass is 16.5. The smallest absolute Gasteiger partial charge is 0.271 e. The van der Waals surface area contributed by atoms with Gasteiger partial charge in [0.05, 0.1) is 12.8 Å². The maximum atomic E-state index is 11.4. The number of carbonyl (C=O) groups is 1. The molecule has 18 heavy (non-hydrogen) atoms. The van der Waals surface area contributed by atoms with Gasteiger partial charge in [-0.25, -0.2) is 4.68 Å². The average Bonchev–Trinajstić information content (AvgIpc) is 2.87. The van der Waals surface area contributed by atoms with Crippen molar-refractivity contribution in [3.05, 3.63) is 36.2 Å². The Labute approximate surface area is 104 Å². The SMILES string of the molecule is CNC(=O)c1ccn(-c2cccc(OC)c2N)n1. The van der Waals surface area contributed by atoms with E-state index < -0.39 is 0 Å². The van der Waals surface area contributed by atoms with Crippen LogP contribution in [0.3, 0.4) is 0 Å². The summed E-state index contributed by atoms with van der Waals surface area (Å²) in [6.07, 6.45) is 1.68. The van der Waals surface area contributed by atoms with Gasteiger partial charge in [-0.2, -0.15) is 5.10 Å². The number of para-hydroxylation sites is 1. The second-order valence-electron chi connectivity index (χ2n) is 3.62. The number of anilines is 1. The van der Waals surface area contributed by atoms with Crippen LogP contribution in [-0.2, 0) is 0 Å². The molecule has 0 aliphatic carbocycles. The van der Waals surface area contributed by atoms with Crippen LogP contribution in [0.15, 0.2) is 30.5 Å². The normalized spacial score (nSPS) is 10.1. The van der Waals surface area contributed by atoms with Crippen LogP contribution in [0, 0.1) is 0 Å². The second-order valence-corrected chi connectivity index (χ2v) is 3.62. The predicted octanol–water partition coefficient (Wildman–Crippen LogP) is 0.823. The number of nitrogens with one attached hydrogen (secondary N) is 1. The van der Waals surface area contributed by atoms with Crippen molar-refractivity contribution in [1.29, 1.82) is 0 Å². The molecule has 3 N–H and O–H groups in total. The topological polar surface area (TPSA) is 82.2 Å². The summed E-state index contributed by atoms with van der Waals surface area (Å²) in [7, 11) is 3.11. The highest BCUT2D eigenvalue weighted by Gasteiger charge is 2.11.